The molecule has 0 spiro atoms. The van der Waals surface area contributed by atoms with Gasteiger partial charge in [-0.15, -0.1) is 0 Å². The Morgan fingerprint density at radius 2 is 2.25 bits per heavy atom. The first-order chi connectivity index (χ1) is 9.63. The van der Waals surface area contributed by atoms with Crippen LogP contribution in [-0.4, -0.2) is 29.6 Å². The number of amides is 2. The monoisotopic (exact) mass is 274 g/mol. The molecule has 1 saturated carbocycles. The summed E-state index contributed by atoms with van der Waals surface area (Å²) in [5.41, 5.74) is 2.19. The van der Waals surface area contributed by atoms with Gasteiger partial charge in [0.15, 0.2) is 0 Å². The number of carbonyl (C=O) groups excluding carboxylic acids is 2. The molecule has 3 N–H and O–H groups in total. The number of nitrogens with one attached hydrogen (secondary N) is 2. The summed E-state index contributed by atoms with van der Waals surface area (Å²) in [6, 6.07) is 5.26. The minimum absolute atomic E-state index is 0.0355. The minimum Gasteiger partial charge on any atom is -0.393 e. The van der Waals surface area contributed by atoms with Gasteiger partial charge >= 0.3 is 0 Å². The van der Waals surface area contributed by atoms with Gasteiger partial charge < -0.3 is 15.7 Å². The van der Waals surface area contributed by atoms with Crippen LogP contribution in [0.3, 0.4) is 0 Å². The summed E-state index contributed by atoms with van der Waals surface area (Å²) in [7, 11) is 0. The van der Waals surface area contributed by atoms with Gasteiger partial charge in [-0.25, -0.2) is 0 Å². The lowest BCUT2D eigenvalue weighted by Gasteiger charge is -2.15. The van der Waals surface area contributed by atoms with Crippen LogP contribution in [-0.2, 0) is 11.2 Å². The molecule has 106 valence electrons. The highest BCUT2D eigenvalue weighted by Gasteiger charge is 2.25. The van der Waals surface area contributed by atoms with Gasteiger partial charge in [0.25, 0.3) is 5.91 Å². The number of benzene rings is 1. The van der Waals surface area contributed by atoms with E-state index in [1.165, 1.54) is 0 Å². The van der Waals surface area contributed by atoms with Crippen molar-refractivity contribution in [3.05, 3.63) is 29.3 Å². The van der Waals surface area contributed by atoms with Crippen molar-refractivity contribution in [1.82, 2.24) is 5.32 Å². The Morgan fingerprint density at radius 3 is 3.00 bits per heavy atom. The lowest BCUT2D eigenvalue weighted by molar-refractivity contribution is -0.115. The highest BCUT2D eigenvalue weighted by molar-refractivity contribution is 6.02. The van der Waals surface area contributed by atoms with Crippen molar-refractivity contribution in [2.75, 3.05) is 11.9 Å². The summed E-state index contributed by atoms with van der Waals surface area (Å²) in [6.45, 7) is 0.503. The van der Waals surface area contributed by atoms with E-state index in [1.807, 2.05) is 6.07 Å². The lowest BCUT2D eigenvalue weighted by Crippen LogP contribution is -2.32. The number of aliphatic hydroxyl groups is 1. The number of carbonyl (C=O) groups is 2. The van der Waals surface area contributed by atoms with Crippen LogP contribution in [0, 0.1) is 5.92 Å². The number of aliphatic hydroxyl groups excluding tert-OH is 1. The van der Waals surface area contributed by atoms with Crippen molar-refractivity contribution >= 4 is 17.5 Å². The summed E-state index contributed by atoms with van der Waals surface area (Å²) >= 11 is 0. The molecule has 2 unspecified atom stereocenters. The van der Waals surface area contributed by atoms with Crippen molar-refractivity contribution in [1.29, 1.82) is 0 Å². The molecule has 20 heavy (non-hydrogen) atoms. The van der Waals surface area contributed by atoms with E-state index in [1.54, 1.807) is 12.1 Å². The second kappa shape index (κ2) is 5.25. The molecule has 2 amide bonds. The molecule has 0 saturated heterocycles. The Bertz CT molecular complexity index is 556. The number of rotatable bonds is 3. The van der Waals surface area contributed by atoms with Crippen LogP contribution in [0.5, 0.6) is 0 Å². The van der Waals surface area contributed by atoms with E-state index in [0.29, 0.717) is 18.5 Å². The van der Waals surface area contributed by atoms with Gasteiger partial charge in [-0.2, -0.15) is 0 Å². The third kappa shape index (κ3) is 2.54. The van der Waals surface area contributed by atoms with Gasteiger partial charge in [0, 0.05) is 23.7 Å². The van der Waals surface area contributed by atoms with Crippen molar-refractivity contribution in [2.45, 2.75) is 31.8 Å². The molecule has 1 aromatic carbocycles. The molecule has 0 aromatic heterocycles. The fourth-order valence-electron chi connectivity index (χ4n) is 2.94. The first kappa shape index (κ1) is 13.1. The molecule has 5 nitrogen and oxygen atoms in total. The summed E-state index contributed by atoms with van der Waals surface area (Å²) in [5.74, 6) is -0.0345. The summed E-state index contributed by atoms with van der Waals surface area (Å²) in [4.78, 5) is 23.4. The average Bonchev–Trinajstić information content (AvgIpc) is 2.99. The van der Waals surface area contributed by atoms with Gasteiger partial charge in [0.2, 0.25) is 5.91 Å². The molecule has 2 aliphatic rings. The van der Waals surface area contributed by atoms with E-state index in [4.69, 9.17) is 0 Å². The minimum atomic E-state index is -0.297. The quantitative estimate of drug-likeness (QED) is 0.771. The molecular formula is C15H18N2O3. The second-order valence-electron chi connectivity index (χ2n) is 5.57. The maximum absolute atomic E-state index is 12.1. The largest absolute Gasteiger partial charge is 0.393 e. The van der Waals surface area contributed by atoms with E-state index < -0.39 is 0 Å². The Hall–Kier alpha value is -1.88. The fraction of sp³-hybridized carbons (Fsp3) is 0.467. The zero-order valence-corrected chi connectivity index (χ0v) is 11.2. The predicted molar refractivity (Wildman–Crippen MR) is 74.5 cm³/mol. The van der Waals surface area contributed by atoms with Gasteiger partial charge in [-0.3, -0.25) is 9.59 Å². The molecule has 5 heteroatoms. The van der Waals surface area contributed by atoms with Crippen LogP contribution in [0.25, 0.3) is 0 Å². The Kier molecular flexibility index (Phi) is 3.44. The van der Waals surface area contributed by atoms with Crippen molar-refractivity contribution < 1.29 is 14.7 Å². The van der Waals surface area contributed by atoms with Crippen molar-refractivity contribution in [3.63, 3.8) is 0 Å². The third-order valence-corrected chi connectivity index (χ3v) is 4.14. The van der Waals surface area contributed by atoms with Gasteiger partial charge in [-0.05, 0) is 30.5 Å². The highest BCUT2D eigenvalue weighted by Crippen LogP contribution is 2.26. The smallest absolute Gasteiger partial charge is 0.251 e. The van der Waals surface area contributed by atoms with Gasteiger partial charge in [0.1, 0.15) is 0 Å². The Labute approximate surface area is 117 Å². The van der Waals surface area contributed by atoms with E-state index >= 15 is 0 Å². The van der Waals surface area contributed by atoms with Gasteiger partial charge in [0.05, 0.1) is 12.5 Å². The molecular weight excluding hydrogens is 256 g/mol. The molecule has 1 fully saturated rings. The van der Waals surface area contributed by atoms with Crippen molar-refractivity contribution in [3.8, 4) is 0 Å². The first-order valence-corrected chi connectivity index (χ1v) is 7.02. The van der Waals surface area contributed by atoms with Crippen LogP contribution in [0.2, 0.25) is 0 Å². The number of hydrogen-bond donors (Lipinski definition) is 3. The topological polar surface area (TPSA) is 78.4 Å². The molecule has 0 bridgehead atoms. The predicted octanol–water partition coefficient (Wildman–Crippen LogP) is 1.07. The normalized spacial score (nSPS) is 24.4. The Morgan fingerprint density at radius 1 is 1.40 bits per heavy atom. The van der Waals surface area contributed by atoms with Crippen LogP contribution in [0.1, 0.15) is 35.2 Å². The standard InChI is InChI=1S/C15H18N2O3/c18-13-3-1-2-11(13)8-16-15(20)10-5-4-9-7-14(19)17-12(9)6-10/h4-6,11,13,18H,1-3,7-8H2,(H,16,20)(H,17,19). The summed E-state index contributed by atoms with van der Waals surface area (Å²) < 4.78 is 0. The first-order valence-electron chi connectivity index (χ1n) is 7.02. The lowest BCUT2D eigenvalue weighted by atomic mass is 10.1. The molecule has 1 aliphatic heterocycles. The SMILES string of the molecule is O=C1Cc2ccc(C(=O)NCC3CCCC3O)cc2N1. The highest BCUT2D eigenvalue weighted by atomic mass is 16.3. The molecule has 2 atom stereocenters. The average molecular weight is 274 g/mol. The molecule has 0 radical (unpaired) electrons. The van der Waals surface area contributed by atoms with E-state index in [9.17, 15) is 14.7 Å². The maximum Gasteiger partial charge on any atom is 0.251 e. The number of hydrogen-bond acceptors (Lipinski definition) is 3. The van der Waals surface area contributed by atoms with Crippen molar-refractivity contribution in [2.24, 2.45) is 5.92 Å². The van der Waals surface area contributed by atoms with Crippen LogP contribution >= 0.6 is 0 Å². The fourth-order valence-corrected chi connectivity index (χ4v) is 2.94. The number of fused-ring (bicyclic) bond motifs is 1. The van der Waals surface area contributed by atoms with Gasteiger partial charge in [-0.1, -0.05) is 12.5 Å². The molecule has 1 aliphatic carbocycles. The number of anilines is 1. The summed E-state index contributed by atoms with van der Waals surface area (Å²) in [5, 5.41) is 15.3. The molecule has 1 aromatic rings. The zero-order chi connectivity index (χ0) is 14.1. The van der Waals surface area contributed by atoms with Crippen LogP contribution in [0.15, 0.2) is 18.2 Å². The van der Waals surface area contributed by atoms with Crippen LogP contribution < -0.4 is 10.6 Å². The van der Waals surface area contributed by atoms with Crippen LogP contribution in [0.4, 0.5) is 5.69 Å². The van der Waals surface area contributed by atoms with E-state index in [0.717, 1.165) is 30.5 Å². The maximum atomic E-state index is 12.1. The molecule has 1 heterocycles. The zero-order valence-electron chi connectivity index (χ0n) is 11.2. The molecule has 3 rings (SSSR count). The van der Waals surface area contributed by atoms with E-state index in [-0.39, 0.29) is 23.8 Å². The third-order valence-electron chi connectivity index (χ3n) is 4.14. The Balaban J connectivity index is 1.63. The summed E-state index contributed by atoms with van der Waals surface area (Å²) in [6.07, 6.45) is 2.89. The van der Waals surface area contributed by atoms with E-state index in [2.05, 4.69) is 10.6 Å². The second-order valence-corrected chi connectivity index (χ2v) is 5.57.